The van der Waals surface area contributed by atoms with Gasteiger partial charge in [-0.25, -0.2) is 4.79 Å². The molecule has 1 N–H and O–H groups in total. The molecule has 0 aromatic heterocycles. The van der Waals surface area contributed by atoms with Crippen LogP contribution in [0.3, 0.4) is 0 Å². The molecule has 5 heteroatoms. The van der Waals surface area contributed by atoms with Gasteiger partial charge in [-0.2, -0.15) is 0 Å². The lowest BCUT2D eigenvalue weighted by Gasteiger charge is -2.14. The molecule has 0 aliphatic heterocycles. The van der Waals surface area contributed by atoms with Crippen molar-refractivity contribution in [3.8, 4) is 0 Å². The summed E-state index contributed by atoms with van der Waals surface area (Å²) in [6, 6.07) is 5.15. The van der Waals surface area contributed by atoms with Gasteiger partial charge in [0.05, 0.1) is 10.0 Å². The second-order valence-corrected chi connectivity index (χ2v) is 4.40. The molecule has 0 amide bonds. The Balaban J connectivity index is 2.78. The summed E-state index contributed by atoms with van der Waals surface area (Å²) in [5.74, 6) is -0.991. The highest BCUT2D eigenvalue weighted by atomic mass is 35.5. The van der Waals surface area contributed by atoms with Gasteiger partial charge in [0.15, 0.2) is 6.10 Å². The average molecular weight is 277 g/mol. The molecule has 1 aromatic carbocycles. The minimum absolute atomic E-state index is 0.217. The van der Waals surface area contributed by atoms with Crippen LogP contribution in [0.15, 0.2) is 18.2 Å². The van der Waals surface area contributed by atoms with E-state index in [1.165, 1.54) is 0 Å². The van der Waals surface area contributed by atoms with Gasteiger partial charge in [0.1, 0.15) is 0 Å². The molecular formula is C12H14Cl2O3. The number of rotatable bonds is 6. The minimum Gasteiger partial charge on any atom is -0.479 e. The summed E-state index contributed by atoms with van der Waals surface area (Å²) in [5.41, 5.74) is 0.683. The van der Waals surface area contributed by atoms with Crippen molar-refractivity contribution in [2.75, 3.05) is 6.61 Å². The summed E-state index contributed by atoms with van der Waals surface area (Å²) >= 11 is 11.9. The van der Waals surface area contributed by atoms with E-state index < -0.39 is 12.1 Å². The van der Waals surface area contributed by atoms with Gasteiger partial charge < -0.3 is 9.84 Å². The van der Waals surface area contributed by atoms with Crippen LogP contribution in [0.5, 0.6) is 0 Å². The molecule has 94 valence electrons. The summed E-state index contributed by atoms with van der Waals surface area (Å²) in [6.07, 6.45) is 0.104. The average Bonchev–Trinajstić information content (AvgIpc) is 2.29. The molecule has 0 saturated carbocycles. The fraction of sp³-hybridized carbons (Fsp3) is 0.417. The fourth-order valence-electron chi connectivity index (χ4n) is 1.38. The van der Waals surface area contributed by atoms with Crippen molar-refractivity contribution in [2.24, 2.45) is 0 Å². The molecule has 0 aliphatic rings. The number of carboxylic acids is 1. The predicted octanol–water partition coefficient (Wildman–Crippen LogP) is 3.42. The van der Waals surface area contributed by atoms with E-state index in [1.54, 1.807) is 18.2 Å². The van der Waals surface area contributed by atoms with Gasteiger partial charge in [0, 0.05) is 13.0 Å². The van der Waals surface area contributed by atoms with Crippen molar-refractivity contribution in [2.45, 2.75) is 25.9 Å². The summed E-state index contributed by atoms with van der Waals surface area (Å²) in [6.45, 7) is 2.33. The highest BCUT2D eigenvalue weighted by Crippen LogP contribution is 2.26. The molecule has 3 nitrogen and oxygen atoms in total. The van der Waals surface area contributed by atoms with Crippen LogP contribution in [-0.4, -0.2) is 23.8 Å². The maximum Gasteiger partial charge on any atom is 0.333 e. The van der Waals surface area contributed by atoms with Gasteiger partial charge in [0.2, 0.25) is 0 Å². The zero-order valence-corrected chi connectivity index (χ0v) is 11.0. The molecule has 0 aliphatic carbocycles. The van der Waals surface area contributed by atoms with Crippen LogP contribution in [-0.2, 0) is 16.0 Å². The molecule has 0 heterocycles. The van der Waals surface area contributed by atoms with Gasteiger partial charge in [-0.1, -0.05) is 42.3 Å². The van der Waals surface area contributed by atoms with Crippen molar-refractivity contribution in [1.29, 1.82) is 0 Å². The summed E-state index contributed by atoms with van der Waals surface area (Å²) < 4.78 is 5.25. The van der Waals surface area contributed by atoms with Crippen LogP contribution in [0.25, 0.3) is 0 Å². The van der Waals surface area contributed by atoms with E-state index >= 15 is 0 Å². The van der Waals surface area contributed by atoms with Crippen molar-refractivity contribution in [3.05, 3.63) is 33.8 Å². The Bertz CT molecular complexity index is 393. The van der Waals surface area contributed by atoms with Crippen LogP contribution >= 0.6 is 23.2 Å². The smallest absolute Gasteiger partial charge is 0.333 e. The topological polar surface area (TPSA) is 46.5 Å². The second kappa shape index (κ2) is 6.84. The summed E-state index contributed by atoms with van der Waals surface area (Å²) in [5, 5.41) is 9.83. The zero-order valence-electron chi connectivity index (χ0n) is 9.45. The molecule has 0 saturated heterocycles. The molecule has 1 rings (SSSR count). The Morgan fingerprint density at radius 3 is 2.76 bits per heavy atom. The van der Waals surface area contributed by atoms with Crippen LogP contribution in [0.4, 0.5) is 0 Å². The Morgan fingerprint density at radius 2 is 2.18 bits per heavy atom. The Kier molecular flexibility index (Phi) is 5.75. The summed E-state index contributed by atoms with van der Waals surface area (Å²) in [7, 11) is 0. The third-order valence-electron chi connectivity index (χ3n) is 2.24. The van der Waals surface area contributed by atoms with Crippen LogP contribution in [0.1, 0.15) is 18.9 Å². The molecule has 1 unspecified atom stereocenters. The third-order valence-corrected chi connectivity index (χ3v) is 3.09. The van der Waals surface area contributed by atoms with E-state index in [4.69, 9.17) is 33.0 Å². The second-order valence-electron chi connectivity index (χ2n) is 3.61. The number of aliphatic carboxylic acids is 1. The van der Waals surface area contributed by atoms with E-state index in [-0.39, 0.29) is 6.42 Å². The van der Waals surface area contributed by atoms with Gasteiger partial charge >= 0.3 is 5.97 Å². The highest BCUT2D eigenvalue weighted by molar-refractivity contribution is 6.42. The highest BCUT2D eigenvalue weighted by Gasteiger charge is 2.20. The van der Waals surface area contributed by atoms with E-state index in [0.29, 0.717) is 22.2 Å². The van der Waals surface area contributed by atoms with Crippen molar-refractivity contribution >= 4 is 29.2 Å². The van der Waals surface area contributed by atoms with Crippen molar-refractivity contribution < 1.29 is 14.6 Å². The van der Waals surface area contributed by atoms with Gasteiger partial charge in [-0.3, -0.25) is 0 Å². The standard InChI is InChI=1S/C12H14Cl2O3/c1-2-6-17-10(12(15)16)7-8-4-3-5-9(13)11(8)14/h3-5,10H,2,6-7H2,1H3,(H,15,16). The normalized spacial score (nSPS) is 12.4. The zero-order chi connectivity index (χ0) is 12.8. The SMILES string of the molecule is CCCOC(Cc1cccc(Cl)c1Cl)C(=O)O. The third kappa shape index (κ3) is 4.19. The van der Waals surface area contributed by atoms with Crippen LogP contribution < -0.4 is 0 Å². The number of carboxylic acid groups (broad SMARTS) is 1. The number of benzene rings is 1. The Hall–Kier alpha value is -0.770. The number of hydrogen-bond donors (Lipinski definition) is 1. The summed E-state index contributed by atoms with van der Waals surface area (Å²) in [4.78, 5) is 11.0. The molecule has 0 radical (unpaired) electrons. The molecular weight excluding hydrogens is 263 g/mol. The van der Waals surface area contributed by atoms with Gasteiger partial charge in [0.25, 0.3) is 0 Å². The maximum absolute atomic E-state index is 11.0. The minimum atomic E-state index is -0.991. The predicted molar refractivity (Wildman–Crippen MR) is 67.8 cm³/mol. The van der Waals surface area contributed by atoms with Crippen LogP contribution in [0, 0.1) is 0 Å². The van der Waals surface area contributed by atoms with Gasteiger partial charge in [-0.15, -0.1) is 0 Å². The number of ether oxygens (including phenoxy) is 1. The first-order valence-electron chi connectivity index (χ1n) is 5.33. The van der Waals surface area contributed by atoms with E-state index in [2.05, 4.69) is 0 Å². The largest absolute Gasteiger partial charge is 0.479 e. The molecule has 17 heavy (non-hydrogen) atoms. The molecule has 0 fully saturated rings. The molecule has 0 bridgehead atoms. The fourth-order valence-corrected chi connectivity index (χ4v) is 1.78. The Labute approximate surface area is 110 Å². The first-order valence-corrected chi connectivity index (χ1v) is 6.09. The monoisotopic (exact) mass is 276 g/mol. The van der Waals surface area contributed by atoms with Crippen molar-refractivity contribution in [1.82, 2.24) is 0 Å². The lowest BCUT2D eigenvalue weighted by atomic mass is 10.1. The maximum atomic E-state index is 11.0. The molecule has 1 atom stereocenters. The van der Waals surface area contributed by atoms with Gasteiger partial charge in [-0.05, 0) is 18.1 Å². The van der Waals surface area contributed by atoms with E-state index in [9.17, 15) is 4.79 Å². The van der Waals surface area contributed by atoms with Crippen molar-refractivity contribution in [3.63, 3.8) is 0 Å². The molecule has 0 spiro atoms. The number of hydrogen-bond acceptors (Lipinski definition) is 2. The lowest BCUT2D eigenvalue weighted by molar-refractivity contribution is -0.150. The number of carbonyl (C=O) groups is 1. The van der Waals surface area contributed by atoms with E-state index in [1.807, 2.05) is 6.92 Å². The quantitative estimate of drug-likeness (QED) is 0.866. The Morgan fingerprint density at radius 1 is 1.47 bits per heavy atom. The molecule has 1 aromatic rings. The van der Waals surface area contributed by atoms with E-state index in [0.717, 1.165) is 6.42 Å². The first-order chi connectivity index (χ1) is 8.06. The van der Waals surface area contributed by atoms with Crippen LogP contribution in [0.2, 0.25) is 10.0 Å². The lowest BCUT2D eigenvalue weighted by Crippen LogP contribution is -2.26. The number of halogens is 2. The first kappa shape index (κ1) is 14.3.